The van der Waals surface area contributed by atoms with E-state index in [4.69, 9.17) is 4.74 Å². The lowest BCUT2D eigenvalue weighted by Gasteiger charge is -2.24. The highest BCUT2D eigenvalue weighted by molar-refractivity contribution is 9.11. The summed E-state index contributed by atoms with van der Waals surface area (Å²) in [5.41, 5.74) is 1.66. The number of rotatable bonds is 3. The normalized spacial score (nSPS) is 18.4. The highest BCUT2D eigenvalue weighted by Gasteiger charge is 2.23. The van der Waals surface area contributed by atoms with Gasteiger partial charge in [-0.25, -0.2) is 0 Å². The van der Waals surface area contributed by atoms with Crippen molar-refractivity contribution in [2.75, 3.05) is 10.6 Å². The quantitative estimate of drug-likeness (QED) is 0.845. The standard InChI is InChI=1S/C15H15BrN2O2S/c1-8(13-5-6-14(16)21-13)17-10-3-4-12-11(7-10)18-15(19)9(2)20-12/h3-9,17H,1-2H3,(H,18,19). The minimum absolute atomic E-state index is 0.116. The Hall–Kier alpha value is -1.53. The van der Waals surface area contributed by atoms with Gasteiger partial charge in [0, 0.05) is 10.6 Å². The summed E-state index contributed by atoms with van der Waals surface area (Å²) in [4.78, 5) is 12.9. The van der Waals surface area contributed by atoms with Crippen LogP contribution < -0.4 is 15.4 Å². The predicted molar refractivity (Wildman–Crippen MR) is 89.2 cm³/mol. The first-order valence-electron chi connectivity index (χ1n) is 6.66. The zero-order valence-electron chi connectivity index (χ0n) is 11.6. The average molecular weight is 367 g/mol. The molecule has 0 radical (unpaired) electrons. The van der Waals surface area contributed by atoms with E-state index in [-0.39, 0.29) is 11.9 Å². The van der Waals surface area contributed by atoms with Crippen molar-refractivity contribution < 1.29 is 9.53 Å². The molecule has 0 fully saturated rings. The molecule has 2 heterocycles. The molecule has 0 bridgehead atoms. The van der Waals surface area contributed by atoms with E-state index in [9.17, 15) is 4.79 Å². The second kappa shape index (κ2) is 5.69. The topological polar surface area (TPSA) is 50.4 Å². The largest absolute Gasteiger partial charge is 0.479 e. The second-order valence-corrected chi connectivity index (χ2v) is 7.46. The van der Waals surface area contributed by atoms with E-state index in [1.54, 1.807) is 18.3 Å². The third kappa shape index (κ3) is 3.06. The minimum Gasteiger partial charge on any atom is -0.479 e. The molecule has 2 aromatic rings. The Morgan fingerprint density at radius 1 is 1.38 bits per heavy atom. The lowest BCUT2D eigenvalue weighted by atomic mass is 10.2. The molecule has 0 aliphatic carbocycles. The molecule has 0 saturated carbocycles. The summed E-state index contributed by atoms with van der Waals surface area (Å²) in [6.07, 6.45) is -0.446. The van der Waals surface area contributed by atoms with Gasteiger partial charge in [0.1, 0.15) is 5.75 Å². The van der Waals surface area contributed by atoms with E-state index in [2.05, 4.69) is 39.6 Å². The number of carbonyl (C=O) groups is 1. The van der Waals surface area contributed by atoms with Crippen LogP contribution in [-0.2, 0) is 4.79 Å². The molecule has 1 aliphatic rings. The third-order valence-electron chi connectivity index (χ3n) is 3.31. The van der Waals surface area contributed by atoms with Crippen molar-refractivity contribution in [1.29, 1.82) is 0 Å². The molecule has 3 rings (SSSR count). The van der Waals surface area contributed by atoms with Crippen LogP contribution in [0.15, 0.2) is 34.1 Å². The maximum Gasteiger partial charge on any atom is 0.265 e. The number of hydrogen-bond donors (Lipinski definition) is 2. The van der Waals surface area contributed by atoms with Gasteiger partial charge in [-0.1, -0.05) is 0 Å². The van der Waals surface area contributed by atoms with E-state index >= 15 is 0 Å². The van der Waals surface area contributed by atoms with Gasteiger partial charge in [-0.2, -0.15) is 0 Å². The number of thiophene rings is 1. The van der Waals surface area contributed by atoms with Crippen LogP contribution in [0, 0.1) is 0 Å². The maximum atomic E-state index is 11.7. The fourth-order valence-electron chi connectivity index (χ4n) is 2.18. The van der Waals surface area contributed by atoms with Gasteiger partial charge in [0.15, 0.2) is 6.10 Å². The van der Waals surface area contributed by atoms with Gasteiger partial charge in [0.25, 0.3) is 5.91 Å². The SMILES string of the molecule is CC1Oc2ccc(NC(C)c3ccc(Br)s3)cc2NC1=O. The van der Waals surface area contributed by atoms with Crippen molar-refractivity contribution in [2.45, 2.75) is 26.0 Å². The molecule has 21 heavy (non-hydrogen) atoms. The molecule has 2 atom stereocenters. The Morgan fingerprint density at radius 3 is 2.90 bits per heavy atom. The summed E-state index contributed by atoms with van der Waals surface area (Å²) < 4.78 is 6.66. The molecule has 1 aliphatic heterocycles. The fraction of sp³-hybridized carbons (Fsp3) is 0.267. The highest BCUT2D eigenvalue weighted by atomic mass is 79.9. The number of benzene rings is 1. The summed E-state index contributed by atoms with van der Waals surface area (Å²) in [5.74, 6) is 0.592. The zero-order valence-corrected chi connectivity index (χ0v) is 14.0. The molecule has 6 heteroatoms. The lowest BCUT2D eigenvalue weighted by molar-refractivity contribution is -0.122. The average Bonchev–Trinajstić information content (AvgIpc) is 2.87. The Balaban J connectivity index is 1.78. The molecule has 1 aromatic heterocycles. The van der Waals surface area contributed by atoms with E-state index in [0.29, 0.717) is 11.4 Å². The van der Waals surface area contributed by atoms with Gasteiger partial charge in [-0.05, 0) is 60.1 Å². The minimum atomic E-state index is -0.446. The molecule has 1 amide bonds. The smallest absolute Gasteiger partial charge is 0.265 e. The fourth-order valence-corrected chi connectivity index (χ4v) is 3.61. The number of ether oxygens (including phenoxy) is 1. The summed E-state index contributed by atoms with van der Waals surface area (Å²) in [6.45, 7) is 3.84. The van der Waals surface area contributed by atoms with Crippen LogP contribution in [0.2, 0.25) is 0 Å². The van der Waals surface area contributed by atoms with Crippen LogP contribution in [0.4, 0.5) is 11.4 Å². The zero-order chi connectivity index (χ0) is 15.0. The molecule has 4 nitrogen and oxygen atoms in total. The third-order valence-corrected chi connectivity index (χ3v) is 5.12. The second-order valence-electron chi connectivity index (χ2n) is 4.97. The Labute approximate surface area is 135 Å². The number of halogens is 1. The van der Waals surface area contributed by atoms with E-state index in [0.717, 1.165) is 9.47 Å². The molecule has 1 aromatic carbocycles. The predicted octanol–water partition coefficient (Wildman–Crippen LogP) is 4.40. The van der Waals surface area contributed by atoms with Crippen molar-refractivity contribution in [2.24, 2.45) is 0 Å². The maximum absolute atomic E-state index is 11.7. The molecular formula is C15H15BrN2O2S. The Kier molecular flexibility index (Phi) is 3.91. The summed E-state index contributed by atoms with van der Waals surface area (Å²) in [7, 11) is 0. The first-order chi connectivity index (χ1) is 10.0. The lowest BCUT2D eigenvalue weighted by Crippen LogP contribution is -2.34. The number of hydrogen-bond acceptors (Lipinski definition) is 4. The monoisotopic (exact) mass is 366 g/mol. The molecule has 2 N–H and O–H groups in total. The van der Waals surface area contributed by atoms with Gasteiger partial charge in [-0.15, -0.1) is 11.3 Å². The number of amides is 1. The van der Waals surface area contributed by atoms with Gasteiger partial charge in [0.05, 0.1) is 15.5 Å². The van der Waals surface area contributed by atoms with Gasteiger partial charge < -0.3 is 15.4 Å². The van der Waals surface area contributed by atoms with Crippen LogP contribution in [0.1, 0.15) is 24.8 Å². The van der Waals surface area contributed by atoms with Gasteiger partial charge in [0.2, 0.25) is 0 Å². The van der Waals surface area contributed by atoms with Gasteiger partial charge in [-0.3, -0.25) is 4.79 Å². The molecule has 0 spiro atoms. The number of fused-ring (bicyclic) bond motifs is 1. The number of carbonyl (C=O) groups excluding carboxylic acids is 1. The van der Waals surface area contributed by atoms with E-state index in [1.165, 1.54) is 4.88 Å². The van der Waals surface area contributed by atoms with Crippen molar-refractivity contribution >= 4 is 44.5 Å². The highest BCUT2D eigenvalue weighted by Crippen LogP contribution is 2.34. The van der Waals surface area contributed by atoms with Crippen molar-refractivity contribution in [3.05, 3.63) is 39.0 Å². The number of anilines is 2. The van der Waals surface area contributed by atoms with Gasteiger partial charge >= 0.3 is 0 Å². The van der Waals surface area contributed by atoms with E-state index < -0.39 is 6.10 Å². The number of nitrogens with one attached hydrogen (secondary N) is 2. The first-order valence-corrected chi connectivity index (χ1v) is 8.27. The van der Waals surface area contributed by atoms with Crippen LogP contribution >= 0.6 is 27.3 Å². The summed E-state index contributed by atoms with van der Waals surface area (Å²) in [5, 5.41) is 6.29. The van der Waals surface area contributed by atoms with Crippen LogP contribution in [0.25, 0.3) is 0 Å². The molecule has 110 valence electrons. The molecule has 2 unspecified atom stereocenters. The first kappa shape index (κ1) is 14.4. The van der Waals surface area contributed by atoms with Crippen LogP contribution in [-0.4, -0.2) is 12.0 Å². The molecule has 0 saturated heterocycles. The van der Waals surface area contributed by atoms with Crippen LogP contribution in [0.3, 0.4) is 0 Å². The van der Waals surface area contributed by atoms with Crippen molar-refractivity contribution in [3.8, 4) is 5.75 Å². The molecular weight excluding hydrogens is 352 g/mol. The Morgan fingerprint density at radius 2 is 2.19 bits per heavy atom. The van der Waals surface area contributed by atoms with Crippen molar-refractivity contribution in [3.63, 3.8) is 0 Å². The summed E-state index contributed by atoms with van der Waals surface area (Å²) in [6, 6.07) is 10.1. The Bertz CT molecular complexity index is 686. The van der Waals surface area contributed by atoms with Crippen LogP contribution in [0.5, 0.6) is 5.75 Å². The van der Waals surface area contributed by atoms with E-state index in [1.807, 2.05) is 24.3 Å². The van der Waals surface area contributed by atoms with Crippen molar-refractivity contribution in [1.82, 2.24) is 0 Å². The summed E-state index contributed by atoms with van der Waals surface area (Å²) >= 11 is 5.18.